The first-order valence-corrected chi connectivity index (χ1v) is 7.14. The Morgan fingerprint density at radius 3 is 1.94 bits per heavy atom. The maximum absolute atomic E-state index is 4.92. The van der Waals surface area contributed by atoms with Gasteiger partial charge in [-0.2, -0.15) is 4.98 Å². The van der Waals surface area contributed by atoms with E-state index in [4.69, 9.17) is 5.73 Å². The lowest BCUT2D eigenvalue weighted by Gasteiger charge is -1.98. The molecule has 98 valence electrons. The van der Waals surface area contributed by atoms with E-state index in [1.807, 2.05) is 12.2 Å². The van der Waals surface area contributed by atoms with Gasteiger partial charge in [-0.25, -0.2) is 9.97 Å². The molecule has 1 rings (SSSR count). The molecule has 1 aromatic heterocycles. The summed E-state index contributed by atoms with van der Waals surface area (Å²) in [7, 11) is 0. The van der Waals surface area contributed by atoms with Crippen LogP contribution in [0.4, 0.5) is 0 Å². The summed E-state index contributed by atoms with van der Waals surface area (Å²) < 4.78 is 0. The minimum Gasteiger partial charge on any atom is -0.403 e. The lowest BCUT2D eigenvalue weighted by atomic mass is 10.6. The summed E-state index contributed by atoms with van der Waals surface area (Å²) in [5.41, 5.74) is 5.58. The van der Waals surface area contributed by atoms with Gasteiger partial charge in [0.15, 0.2) is 10.3 Å². The molecule has 0 fully saturated rings. The summed E-state index contributed by atoms with van der Waals surface area (Å²) in [4.78, 5) is 12.3. The predicted octanol–water partition coefficient (Wildman–Crippen LogP) is 2.91. The Morgan fingerprint density at radius 2 is 1.61 bits per heavy atom. The van der Waals surface area contributed by atoms with Gasteiger partial charge in [-0.05, 0) is 12.6 Å². The van der Waals surface area contributed by atoms with E-state index in [1.54, 1.807) is 30.4 Å². The Labute approximate surface area is 117 Å². The molecule has 18 heavy (non-hydrogen) atoms. The molecule has 2 N–H and O–H groups in total. The highest BCUT2D eigenvalue weighted by molar-refractivity contribution is 7.99. The molecule has 0 aromatic carbocycles. The number of thioether (sulfide) groups is 2. The topological polar surface area (TPSA) is 64.7 Å². The third-order valence-electron chi connectivity index (χ3n) is 1.19. The average molecular weight is 282 g/mol. The molecule has 0 saturated heterocycles. The molecule has 0 spiro atoms. The van der Waals surface area contributed by atoms with Crippen molar-refractivity contribution in [3.63, 3.8) is 0 Å². The first kappa shape index (κ1) is 16.7. The second kappa shape index (κ2) is 10.9. The van der Waals surface area contributed by atoms with Crippen LogP contribution in [0.5, 0.6) is 0 Å². The van der Waals surface area contributed by atoms with Crippen LogP contribution in [0.3, 0.4) is 0 Å². The molecule has 1 aromatic rings. The van der Waals surface area contributed by atoms with Gasteiger partial charge in [0.05, 0.1) is 0 Å². The number of hydrogen-bond donors (Lipinski definition) is 1. The van der Waals surface area contributed by atoms with Crippen molar-refractivity contribution in [2.45, 2.75) is 17.2 Å². The highest BCUT2D eigenvalue weighted by Crippen LogP contribution is 2.16. The fraction of sp³-hybridized carbons (Fsp3) is 0.250. The number of allylic oxidation sites excluding steroid dienone is 1. The molecule has 0 atom stereocenters. The molecule has 0 amide bonds. The van der Waals surface area contributed by atoms with E-state index in [-0.39, 0.29) is 0 Å². The first-order valence-electron chi connectivity index (χ1n) is 5.17. The Bertz CT molecular complexity index is 362. The summed E-state index contributed by atoms with van der Waals surface area (Å²) in [6.07, 6.45) is 5.18. The van der Waals surface area contributed by atoms with Gasteiger partial charge >= 0.3 is 0 Å². The SMILES string of the molecule is C=C(C)N.C=CCSc1ncnc(SCC=C)n1. The molecule has 0 aliphatic carbocycles. The second-order valence-corrected chi connectivity index (χ2v) is 5.07. The largest absolute Gasteiger partial charge is 0.403 e. The van der Waals surface area contributed by atoms with Crippen molar-refractivity contribution in [3.05, 3.63) is 43.9 Å². The average Bonchev–Trinajstić information content (AvgIpc) is 2.34. The maximum atomic E-state index is 4.92. The van der Waals surface area contributed by atoms with Crippen LogP contribution >= 0.6 is 23.5 Å². The van der Waals surface area contributed by atoms with Crippen LogP contribution in [0.25, 0.3) is 0 Å². The highest BCUT2D eigenvalue weighted by Gasteiger charge is 1.99. The lowest BCUT2D eigenvalue weighted by Crippen LogP contribution is -1.92. The Balaban J connectivity index is 0.000000631. The number of aromatic nitrogens is 3. The maximum Gasteiger partial charge on any atom is 0.191 e. The van der Waals surface area contributed by atoms with E-state index in [0.29, 0.717) is 5.70 Å². The van der Waals surface area contributed by atoms with Crippen LogP contribution in [0, 0.1) is 0 Å². The van der Waals surface area contributed by atoms with Crippen molar-refractivity contribution in [1.29, 1.82) is 0 Å². The second-order valence-electron chi connectivity index (χ2n) is 3.10. The number of nitrogens with zero attached hydrogens (tertiary/aromatic N) is 3. The third kappa shape index (κ3) is 9.92. The molecule has 0 radical (unpaired) electrons. The van der Waals surface area contributed by atoms with Gasteiger partial charge in [0, 0.05) is 11.5 Å². The van der Waals surface area contributed by atoms with Crippen molar-refractivity contribution in [2.75, 3.05) is 11.5 Å². The Hall–Kier alpha value is -1.27. The summed E-state index contributed by atoms with van der Waals surface area (Å²) in [5.74, 6) is 1.63. The van der Waals surface area contributed by atoms with E-state index in [9.17, 15) is 0 Å². The van der Waals surface area contributed by atoms with E-state index < -0.39 is 0 Å². The van der Waals surface area contributed by atoms with Crippen LogP contribution in [0.2, 0.25) is 0 Å². The number of rotatable bonds is 6. The lowest BCUT2D eigenvalue weighted by molar-refractivity contribution is 0.801. The molecule has 1 heterocycles. The van der Waals surface area contributed by atoms with Gasteiger partial charge in [-0.3, -0.25) is 0 Å². The summed E-state index contributed by atoms with van der Waals surface area (Å²) in [5, 5.41) is 1.48. The van der Waals surface area contributed by atoms with Crippen LogP contribution in [0.1, 0.15) is 6.92 Å². The molecule has 0 aliphatic heterocycles. The minimum absolute atomic E-state index is 0.667. The molecule has 0 aliphatic rings. The van der Waals surface area contributed by atoms with Crippen molar-refractivity contribution < 1.29 is 0 Å². The molecule has 6 heteroatoms. The normalized spacial score (nSPS) is 8.94. The van der Waals surface area contributed by atoms with Gasteiger partial charge in [0.25, 0.3) is 0 Å². The van der Waals surface area contributed by atoms with Gasteiger partial charge in [0.2, 0.25) is 0 Å². The smallest absolute Gasteiger partial charge is 0.191 e. The fourth-order valence-electron chi connectivity index (χ4n) is 0.673. The van der Waals surface area contributed by atoms with Gasteiger partial charge in [0.1, 0.15) is 6.33 Å². The molecular weight excluding hydrogens is 264 g/mol. The van der Waals surface area contributed by atoms with E-state index in [1.165, 1.54) is 6.33 Å². The van der Waals surface area contributed by atoms with Gasteiger partial charge in [-0.15, -0.1) is 13.2 Å². The van der Waals surface area contributed by atoms with E-state index in [2.05, 4.69) is 34.7 Å². The van der Waals surface area contributed by atoms with Crippen molar-refractivity contribution >= 4 is 23.5 Å². The molecule has 0 bridgehead atoms. The number of hydrogen-bond acceptors (Lipinski definition) is 6. The standard InChI is InChI=1S/C9H11N3S2.C3H7N/c1-3-5-13-8-10-7-11-9(12-8)14-6-4-2;1-3(2)4/h3-4,7H,1-2,5-6H2;1,4H2,2H3. The monoisotopic (exact) mass is 282 g/mol. The molecular formula is C12H18N4S2. The Morgan fingerprint density at radius 1 is 1.22 bits per heavy atom. The van der Waals surface area contributed by atoms with Gasteiger partial charge in [-0.1, -0.05) is 42.3 Å². The fourth-order valence-corrected chi connectivity index (χ4v) is 1.81. The van der Waals surface area contributed by atoms with Crippen molar-refractivity contribution in [2.24, 2.45) is 5.73 Å². The third-order valence-corrected chi connectivity index (χ3v) is 2.90. The van der Waals surface area contributed by atoms with E-state index in [0.717, 1.165) is 21.8 Å². The first-order chi connectivity index (χ1) is 8.60. The van der Waals surface area contributed by atoms with Crippen LogP contribution in [-0.2, 0) is 0 Å². The van der Waals surface area contributed by atoms with Crippen LogP contribution < -0.4 is 5.73 Å². The minimum atomic E-state index is 0.667. The summed E-state index contributed by atoms with van der Waals surface area (Å²) >= 11 is 3.10. The van der Waals surface area contributed by atoms with Gasteiger partial charge < -0.3 is 5.73 Å². The highest BCUT2D eigenvalue weighted by atomic mass is 32.2. The van der Waals surface area contributed by atoms with Crippen LogP contribution in [0.15, 0.2) is 54.2 Å². The molecule has 0 saturated carbocycles. The number of nitrogens with two attached hydrogens (primary N) is 1. The zero-order valence-corrected chi connectivity index (χ0v) is 12.1. The molecule has 4 nitrogen and oxygen atoms in total. The summed E-state index contributed by atoms with van der Waals surface area (Å²) in [6.45, 7) is 12.4. The van der Waals surface area contributed by atoms with Crippen LogP contribution in [-0.4, -0.2) is 26.5 Å². The zero-order valence-electron chi connectivity index (χ0n) is 10.5. The van der Waals surface area contributed by atoms with E-state index >= 15 is 0 Å². The predicted molar refractivity (Wildman–Crippen MR) is 80.7 cm³/mol. The van der Waals surface area contributed by atoms with Crippen molar-refractivity contribution in [1.82, 2.24) is 15.0 Å². The molecule has 0 unspecified atom stereocenters. The Kier molecular flexibility index (Phi) is 10.1. The van der Waals surface area contributed by atoms with Crippen molar-refractivity contribution in [3.8, 4) is 0 Å². The zero-order chi connectivity index (χ0) is 13.8. The summed E-state index contributed by atoms with van der Waals surface area (Å²) in [6, 6.07) is 0. The quantitative estimate of drug-likeness (QED) is 0.639.